The second-order valence-electron chi connectivity index (χ2n) is 9.97. The lowest BCUT2D eigenvalue weighted by atomic mass is 9.63. The highest BCUT2D eigenvalue weighted by molar-refractivity contribution is 7.89. The Kier molecular flexibility index (Phi) is 4.97. The molecule has 1 unspecified atom stereocenters. The molecule has 4 aliphatic rings. The first kappa shape index (κ1) is 21.6. The number of rotatable bonds is 4. The van der Waals surface area contributed by atoms with Crippen LogP contribution in [0.3, 0.4) is 0 Å². The van der Waals surface area contributed by atoms with Gasteiger partial charge in [-0.15, -0.1) is 0 Å². The summed E-state index contributed by atoms with van der Waals surface area (Å²) < 4.78 is 71.7. The Morgan fingerprint density at radius 1 is 1.13 bits per heavy atom. The number of aromatic nitrogens is 1. The summed E-state index contributed by atoms with van der Waals surface area (Å²) in [4.78, 5) is 5.86. The number of ether oxygens (including phenoxy) is 1. The second-order valence-corrected chi connectivity index (χ2v) is 11.9. The van der Waals surface area contributed by atoms with E-state index in [1.165, 1.54) is 24.1 Å². The third kappa shape index (κ3) is 3.59. The molecular formula is C21H28F3N3O3S. The van der Waals surface area contributed by atoms with Gasteiger partial charge in [0.25, 0.3) is 0 Å². The first-order valence-corrected chi connectivity index (χ1v) is 12.3. The number of hydrogen-bond donors (Lipinski definition) is 0. The van der Waals surface area contributed by atoms with Crippen LogP contribution in [0.4, 0.5) is 13.2 Å². The minimum Gasteiger partial charge on any atom is -0.380 e. The number of alkyl halides is 3. The van der Waals surface area contributed by atoms with Crippen molar-refractivity contribution >= 4 is 10.0 Å². The summed E-state index contributed by atoms with van der Waals surface area (Å²) in [7, 11) is -1.67. The standard InChI is InChI=1S/C21H28F3N3O3S/c1-13-18(3-4-19(25-13)21(22,23)24)31(28,29)27-9-14-5-16(6-15(14)10-27)26(2)17-7-20(8-17)11-30-12-20/h3-4,14-17H,5-12H2,1-2H3/t14-,15+,16?. The molecule has 10 heteroatoms. The van der Waals surface area contributed by atoms with E-state index in [1.54, 1.807) is 0 Å². The van der Waals surface area contributed by atoms with Gasteiger partial charge < -0.3 is 9.64 Å². The van der Waals surface area contributed by atoms with Crippen molar-refractivity contribution in [2.75, 3.05) is 33.4 Å². The van der Waals surface area contributed by atoms with Crippen LogP contribution < -0.4 is 0 Å². The van der Waals surface area contributed by atoms with Gasteiger partial charge in [-0.25, -0.2) is 13.4 Å². The molecule has 1 spiro atoms. The van der Waals surface area contributed by atoms with Gasteiger partial charge in [0.15, 0.2) is 0 Å². The van der Waals surface area contributed by atoms with Gasteiger partial charge in [-0.1, -0.05) is 0 Å². The molecule has 1 aromatic heterocycles. The van der Waals surface area contributed by atoms with Crippen molar-refractivity contribution in [2.45, 2.75) is 55.8 Å². The van der Waals surface area contributed by atoms with Gasteiger partial charge in [-0.3, -0.25) is 0 Å². The minimum absolute atomic E-state index is 0.108. The molecule has 172 valence electrons. The molecule has 0 bridgehead atoms. The van der Waals surface area contributed by atoms with E-state index in [4.69, 9.17) is 4.74 Å². The average Bonchev–Trinajstić information content (AvgIpc) is 3.17. The highest BCUT2D eigenvalue weighted by Gasteiger charge is 2.53. The molecule has 3 atom stereocenters. The molecule has 2 saturated carbocycles. The van der Waals surface area contributed by atoms with Crippen molar-refractivity contribution in [2.24, 2.45) is 17.3 Å². The number of hydrogen-bond acceptors (Lipinski definition) is 5. The first-order chi connectivity index (χ1) is 14.5. The molecule has 0 amide bonds. The van der Waals surface area contributed by atoms with Gasteiger partial charge in [0.2, 0.25) is 10.0 Å². The normalized spacial score (nSPS) is 31.1. The molecule has 0 N–H and O–H groups in total. The van der Waals surface area contributed by atoms with E-state index in [0.717, 1.165) is 38.2 Å². The molecule has 6 nitrogen and oxygen atoms in total. The molecule has 3 heterocycles. The van der Waals surface area contributed by atoms with Gasteiger partial charge in [0.05, 0.1) is 18.9 Å². The van der Waals surface area contributed by atoms with Gasteiger partial charge in [-0.05, 0) is 63.6 Å². The molecule has 0 aromatic carbocycles. The van der Waals surface area contributed by atoms with E-state index in [1.807, 2.05) is 0 Å². The Morgan fingerprint density at radius 2 is 1.74 bits per heavy atom. The van der Waals surface area contributed by atoms with Crippen LogP contribution in [0.1, 0.15) is 37.1 Å². The van der Waals surface area contributed by atoms with E-state index in [0.29, 0.717) is 42.4 Å². The highest BCUT2D eigenvalue weighted by atomic mass is 32.2. The fourth-order valence-corrected chi connectivity index (χ4v) is 7.74. The van der Waals surface area contributed by atoms with E-state index in [2.05, 4.69) is 16.9 Å². The summed E-state index contributed by atoms with van der Waals surface area (Å²) in [5, 5.41) is 0. The molecule has 0 radical (unpaired) electrons. The number of nitrogens with zero attached hydrogens (tertiary/aromatic N) is 3. The Hall–Kier alpha value is -1.23. The minimum atomic E-state index is -4.59. The zero-order valence-electron chi connectivity index (χ0n) is 17.7. The predicted molar refractivity (Wildman–Crippen MR) is 107 cm³/mol. The van der Waals surface area contributed by atoms with Crippen LogP contribution in [0, 0.1) is 24.2 Å². The van der Waals surface area contributed by atoms with E-state index < -0.39 is 21.9 Å². The van der Waals surface area contributed by atoms with E-state index in [-0.39, 0.29) is 10.6 Å². The maximum atomic E-state index is 13.1. The van der Waals surface area contributed by atoms with Crippen molar-refractivity contribution in [3.05, 3.63) is 23.5 Å². The van der Waals surface area contributed by atoms with Gasteiger partial charge >= 0.3 is 6.18 Å². The van der Waals surface area contributed by atoms with Crippen molar-refractivity contribution < 1.29 is 26.3 Å². The number of pyridine rings is 1. The van der Waals surface area contributed by atoms with Crippen LogP contribution in [0.15, 0.2) is 17.0 Å². The summed E-state index contributed by atoms with van der Waals surface area (Å²) >= 11 is 0. The maximum Gasteiger partial charge on any atom is 0.433 e. The van der Waals surface area contributed by atoms with Crippen LogP contribution in [0.5, 0.6) is 0 Å². The quantitative estimate of drug-likeness (QED) is 0.693. The summed E-state index contributed by atoms with van der Waals surface area (Å²) in [5.74, 6) is 0.594. The predicted octanol–water partition coefficient (Wildman–Crippen LogP) is 2.92. The second kappa shape index (κ2) is 7.13. The zero-order chi connectivity index (χ0) is 22.2. The first-order valence-electron chi connectivity index (χ1n) is 10.8. The lowest BCUT2D eigenvalue weighted by Gasteiger charge is -2.56. The van der Waals surface area contributed by atoms with Crippen LogP contribution in [0.2, 0.25) is 0 Å². The lowest BCUT2D eigenvalue weighted by molar-refractivity contribution is -0.185. The molecule has 31 heavy (non-hydrogen) atoms. The number of halogens is 3. The third-order valence-corrected chi connectivity index (χ3v) is 9.91. The topological polar surface area (TPSA) is 62.7 Å². The summed E-state index contributed by atoms with van der Waals surface area (Å²) in [6.07, 6.45) is -0.272. The van der Waals surface area contributed by atoms with Crippen molar-refractivity contribution in [1.29, 1.82) is 0 Å². The SMILES string of the molecule is Cc1nc(C(F)(F)F)ccc1S(=O)(=O)N1C[C@H]2CC(N(C)C3CC4(COC4)C3)C[C@H]2C1. The van der Waals surface area contributed by atoms with Gasteiger partial charge in [-0.2, -0.15) is 17.5 Å². The van der Waals surface area contributed by atoms with Crippen LogP contribution in [0.25, 0.3) is 0 Å². The fraction of sp³-hybridized carbons (Fsp3) is 0.762. The molecular weight excluding hydrogens is 431 g/mol. The molecule has 1 aromatic rings. The largest absolute Gasteiger partial charge is 0.433 e. The summed E-state index contributed by atoms with van der Waals surface area (Å²) in [6, 6.07) is 2.85. The number of fused-ring (bicyclic) bond motifs is 1. The van der Waals surface area contributed by atoms with Gasteiger partial charge in [0, 0.05) is 30.6 Å². The van der Waals surface area contributed by atoms with Crippen LogP contribution >= 0.6 is 0 Å². The van der Waals surface area contributed by atoms with E-state index >= 15 is 0 Å². The smallest absolute Gasteiger partial charge is 0.380 e. The maximum absolute atomic E-state index is 13.1. The Bertz CT molecular complexity index is 958. The Balaban J connectivity index is 1.23. The molecule has 2 aliphatic heterocycles. The summed E-state index contributed by atoms with van der Waals surface area (Å²) in [6.45, 7) is 3.96. The van der Waals surface area contributed by atoms with Crippen LogP contribution in [-0.4, -0.2) is 68.0 Å². The fourth-order valence-electron chi connectivity index (χ4n) is 6.02. The van der Waals surface area contributed by atoms with Crippen LogP contribution in [-0.2, 0) is 20.9 Å². The Labute approximate surface area is 180 Å². The van der Waals surface area contributed by atoms with Crippen molar-refractivity contribution in [1.82, 2.24) is 14.2 Å². The monoisotopic (exact) mass is 459 g/mol. The van der Waals surface area contributed by atoms with Crippen molar-refractivity contribution in [3.63, 3.8) is 0 Å². The molecule has 5 rings (SSSR count). The zero-order valence-corrected chi connectivity index (χ0v) is 18.5. The van der Waals surface area contributed by atoms with Crippen molar-refractivity contribution in [3.8, 4) is 0 Å². The summed E-state index contributed by atoms with van der Waals surface area (Å²) in [5.41, 5.74) is -0.756. The number of sulfonamides is 1. The Morgan fingerprint density at radius 3 is 2.23 bits per heavy atom. The molecule has 4 fully saturated rings. The van der Waals surface area contributed by atoms with E-state index in [9.17, 15) is 21.6 Å². The lowest BCUT2D eigenvalue weighted by Crippen LogP contribution is -2.60. The average molecular weight is 460 g/mol. The molecule has 2 aliphatic carbocycles. The highest BCUT2D eigenvalue weighted by Crippen LogP contribution is 2.51. The van der Waals surface area contributed by atoms with Gasteiger partial charge in [0.1, 0.15) is 10.6 Å². The number of aryl methyl sites for hydroxylation is 1. The molecule has 2 saturated heterocycles. The third-order valence-electron chi connectivity index (χ3n) is 7.94.